The summed E-state index contributed by atoms with van der Waals surface area (Å²) in [4.78, 5) is 9.18. The van der Waals surface area contributed by atoms with Crippen LogP contribution in [0.15, 0.2) is 29.3 Å². The summed E-state index contributed by atoms with van der Waals surface area (Å²) in [5.41, 5.74) is 2.13. The largest absolute Gasteiger partial charge is 0.383 e. The average Bonchev–Trinajstić information content (AvgIpc) is 2.82. The van der Waals surface area contributed by atoms with E-state index in [1.165, 1.54) is 0 Å². The molecule has 0 aliphatic carbocycles. The van der Waals surface area contributed by atoms with Crippen LogP contribution in [0, 0.1) is 0 Å². The maximum Gasteiger partial charge on any atom is 0.191 e. The van der Waals surface area contributed by atoms with Crippen molar-refractivity contribution in [3.63, 3.8) is 0 Å². The number of aromatic nitrogens is 2. The number of fused-ring (bicyclic) bond motifs is 1. The number of guanidine groups is 1. The normalized spacial score (nSPS) is 11.9. The van der Waals surface area contributed by atoms with Gasteiger partial charge in [-0.1, -0.05) is 12.1 Å². The third-order valence-electron chi connectivity index (χ3n) is 3.20. The molecule has 6 heteroatoms. The van der Waals surface area contributed by atoms with Gasteiger partial charge in [0.15, 0.2) is 5.96 Å². The standard InChI is InChI=1S/C15H23N5O/c1-4-16-15(17-9-10-21-3)18-11-14-19-12-7-5-6-8-13(12)20(14)2/h5-8H,4,9-11H2,1-3H3,(H2,16,17,18). The molecule has 0 radical (unpaired) electrons. The number of nitrogens with one attached hydrogen (secondary N) is 2. The fourth-order valence-electron chi connectivity index (χ4n) is 2.10. The molecule has 0 saturated carbocycles. The highest BCUT2D eigenvalue weighted by Gasteiger charge is 2.06. The lowest BCUT2D eigenvalue weighted by atomic mass is 10.3. The number of methoxy groups -OCH3 is 1. The monoisotopic (exact) mass is 289 g/mol. The van der Waals surface area contributed by atoms with E-state index in [1.54, 1.807) is 7.11 Å². The van der Waals surface area contributed by atoms with Crippen molar-refractivity contribution in [1.82, 2.24) is 20.2 Å². The van der Waals surface area contributed by atoms with Gasteiger partial charge in [-0.05, 0) is 19.1 Å². The van der Waals surface area contributed by atoms with Crippen LogP contribution in [0.2, 0.25) is 0 Å². The molecule has 0 atom stereocenters. The van der Waals surface area contributed by atoms with Gasteiger partial charge in [0, 0.05) is 27.2 Å². The van der Waals surface area contributed by atoms with Gasteiger partial charge >= 0.3 is 0 Å². The van der Waals surface area contributed by atoms with Gasteiger partial charge in [-0.15, -0.1) is 0 Å². The van der Waals surface area contributed by atoms with E-state index in [0.29, 0.717) is 13.2 Å². The van der Waals surface area contributed by atoms with Gasteiger partial charge in [0.25, 0.3) is 0 Å². The molecule has 0 unspecified atom stereocenters. The maximum atomic E-state index is 5.03. The summed E-state index contributed by atoms with van der Waals surface area (Å²) in [6.07, 6.45) is 0. The van der Waals surface area contributed by atoms with E-state index in [9.17, 15) is 0 Å². The fourth-order valence-corrected chi connectivity index (χ4v) is 2.10. The van der Waals surface area contributed by atoms with Crippen molar-refractivity contribution in [3.05, 3.63) is 30.1 Å². The molecule has 0 fully saturated rings. The zero-order valence-corrected chi connectivity index (χ0v) is 12.9. The quantitative estimate of drug-likeness (QED) is 0.478. The van der Waals surface area contributed by atoms with Crippen LogP contribution in [0.3, 0.4) is 0 Å². The van der Waals surface area contributed by atoms with Crippen LogP contribution in [0.1, 0.15) is 12.7 Å². The summed E-state index contributed by atoms with van der Waals surface area (Å²) < 4.78 is 7.11. The van der Waals surface area contributed by atoms with Crippen LogP contribution in [-0.4, -0.2) is 42.3 Å². The Morgan fingerprint density at radius 3 is 2.86 bits per heavy atom. The number of benzene rings is 1. The predicted molar refractivity (Wildman–Crippen MR) is 85.4 cm³/mol. The van der Waals surface area contributed by atoms with Crippen LogP contribution in [0.5, 0.6) is 0 Å². The Morgan fingerprint density at radius 1 is 1.33 bits per heavy atom. The lowest BCUT2D eigenvalue weighted by molar-refractivity contribution is 0.203. The smallest absolute Gasteiger partial charge is 0.191 e. The number of hydrogen-bond donors (Lipinski definition) is 2. The molecule has 21 heavy (non-hydrogen) atoms. The van der Waals surface area contributed by atoms with E-state index in [2.05, 4.69) is 31.2 Å². The summed E-state index contributed by atoms with van der Waals surface area (Å²) >= 11 is 0. The van der Waals surface area contributed by atoms with Gasteiger partial charge < -0.3 is 19.9 Å². The molecule has 2 N–H and O–H groups in total. The van der Waals surface area contributed by atoms with Crippen molar-refractivity contribution in [2.75, 3.05) is 26.8 Å². The summed E-state index contributed by atoms with van der Waals surface area (Å²) in [5, 5.41) is 6.43. The van der Waals surface area contributed by atoms with Gasteiger partial charge in [0.05, 0.1) is 17.6 Å². The van der Waals surface area contributed by atoms with E-state index >= 15 is 0 Å². The lowest BCUT2D eigenvalue weighted by Gasteiger charge is -2.10. The van der Waals surface area contributed by atoms with Crippen molar-refractivity contribution in [1.29, 1.82) is 0 Å². The Morgan fingerprint density at radius 2 is 2.14 bits per heavy atom. The van der Waals surface area contributed by atoms with Crippen molar-refractivity contribution in [3.8, 4) is 0 Å². The average molecular weight is 289 g/mol. The molecule has 2 aromatic rings. The summed E-state index contributed by atoms with van der Waals surface area (Å²) in [6.45, 7) is 4.78. The lowest BCUT2D eigenvalue weighted by Crippen LogP contribution is -2.38. The first kappa shape index (κ1) is 15.3. The fraction of sp³-hybridized carbons (Fsp3) is 0.467. The third kappa shape index (κ3) is 3.95. The third-order valence-corrected chi connectivity index (χ3v) is 3.20. The Labute approximate surface area is 125 Å². The number of aliphatic imine (C=N–C) groups is 1. The SMILES string of the molecule is CCNC(=NCc1nc2ccccc2n1C)NCCOC. The van der Waals surface area contributed by atoms with Crippen LogP contribution < -0.4 is 10.6 Å². The molecule has 6 nitrogen and oxygen atoms in total. The van der Waals surface area contributed by atoms with Gasteiger partial charge in [-0.2, -0.15) is 0 Å². The van der Waals surface area contributed by atoms with Crippen molar-refractivity contribution in [2.24, 2.45) is 12.0 Å². The van der Waals surface area contributed by atoms with Crippen LogP contribution >= 0.6 is 0 Å². The number of rotatable bonds is 6. The molecule has 114 valence electrons. The number of ether oxygens (including phenoxy) is 1. The second-order valence-corrected chi connectivity index (χ2v) is 4.69. The minimum Gasteiger partial charge on any atom is -0.383 e. The van der Waals surface area contributed by atoms with Crippen molar-refractivity contribution >= 4 is 17.0 Å². The van der Waals surface area contributed by atoms with E-state index in [4.69, 9.17) is 4.74 Å². The number of nitrogens with zero attached hydrogens (tertiary/aromatic N) is 3. The zero-order chi connectivity index (χ0) is 15.1. The minimum atomic E-state index is 0.535. The molecule has 0 amide bonds. The minimum absolute atomic E-state index is 0.535. The topological polar surface area (TPSA) is 63.5 Å². The van der Waals surface area contributed by atoms with Gasteiger partial charge in [0.1, 0.15) is 12.4 Å². The van der Waals surface area contributed by atoms with Gasteiger partial charge in [0.2, 0.25) is 0 Å². The zero-order valence-electron chi connectivity index (χ0n) is 12.9. The molecule has 1 aromatic carbocycles. The highest BCUT2D eigenvalue weighted by atomic mass is 16.5. The van der Waals surface area contributed by atoms with Crippen molar-refractivity contribution in [2.45, 2.75) is 13.5 Å². The van der Waals surface area contributed by atoms with Crippen molar-refractivity contribution < 1.29 is 4.74 Å². The first-order valence-corrected chi connectivity index (χ1v) is 7.17. The molecule has 1 aromatic heterocycles. The molecule has 0 bridgehead atoms. The second-order valence-electron chi connectivity index (χ2n) is 4.69. The van der Waals surface area contributed by atoms with E-state index < -0.39 is 0 Å². The van der Waals surface area contributed by atoms with E-state index in [0.717, 1.165) is 35.9 Å². The number of para-hydroxylation sites is 2. The first-order valence-electron chi connectivity index (χ1n) is 7.17. The summed E-state index contributed by atoms with van der Waals surface area (Å²) in [7, 11) is 3.71. The van der Waals surface area contributed by atoms with Crippen LogP contribution in [-0.2, 0) is 18.3 Å². The Kier molecular flexibility index (Phi) is 5.57. The van der Waals surface area contributed by atoms with Crippen LogP contribution in [0.4, 0.5) is 0 Å². The molecular formula is C15H23N5O. The maximum absolute atomic E-state index is 5.03. The second kappa shape index (κ2) is 7.64. The van der Waals surface area contributed by atoms with E-state index in [1.807, 2.05) is 32.2 Å². The predicted octanol–water partition coefficient (Wildman–Crippen LogP) is 1.27. The highest BCUT2D eigenvalue weighted by molar-refractivity contribution is 5.80. The van der Waals surface area contributed by atoms with Gasteiger partial charge in [-0.25, -0.2) is 9.98 Å². The number of imidazole rings is 1. The Bertz CT molecular complexity index is 605. The molecular weight excluding hydrogens is 266 g/mol. The molecule has 1 heterocycles. The molecule has 0 aliphatic heterocycles. The highest BCUT2D eigenvalue weighted by Crippen LogP contribution is 2.14. The summed E-state index contributed by atoms with van der Waals surface area (Å²) in [6, 6.07) is 8.11. The first-order chi connectivity index (χ1) is 10.3. The molecule has 0 aliphatic rings. The number of hydrogen-bond acceptors (Lipinski definition) is 3. The Hall–Kier alpha value is -2.08. The van der Waals surface area contributed by atoms with Gasteiger partial charge in [-0.3, -0.25) is 0 Å². The summed E-state index contributed by atoms with van der Waals surface area (Å²) in [5.74, 6) is 1.72. The van der Waals surface area contributed by atoms with E-state index in [-0.39, 0.29) is 0 Å². The van der Waals surface area contributed by atoms with Crippen LogP contribution in [0.25, 0.3) is 11.0 Å². The molecule has 2 rings (SSSR count). The number of aryl methyl sites for hydroxylation is 1. The Balaban J connectivity index is 2.09. The molecule has 0 spiro atoms. The molecule has 0 saturated heterocycles.